The molecule has 1 aromatic rings. The molecule has 0 aliphatic rings. The molecule has 18 heavy (non-hydrogen) atoms. The number of aryl methyl sites for hydroxylation is 1. The monoisotopic (exact) mass is 360 g/mol. The molecule has 0 aliphatic carbocycles. The number of alkyl halides is 1. The van der Waals surface area contributed by atoms with E-state index in [1.54, 1.807) is 0 Å². The second kappa shape index (κ2) is 10.7. The third-order valence-electron chi connectivity index (χ3n) is 3.07. The lowest BCUT2D eigenvalue weighted by atomic mass is 10.1. The van der Waals surface area contributed by atoms with Gasteiger partial charge in [-0.3, -0.25) is 0 Å². The Bertz CT molecular complexity index is 294. The van der Waals surface area contributed by atoms with E-state index in [-0.39, 0.29) is 0 Å². The topological polar surface area (TPSA) is 9.23 Å². The lowest BCUT2D eigenvalue weighted by Gasteiger charge is -2.07. The van der Waals surface area contributed by atoms with E-state index in [4.69, 9.17) is 4.74 Å². The fourth-order valence-electron chi connectivity index (χ4n) is 1.93. The summed E-state index contributed by atoms with van der Waals surface area (Å²) in [7, 11) is 0. The molecule has 0 bridgehead atoms. The van der Waals surface area contributed by atoms with Crippen molar-refractivity contribution in [2.24, 2.45) is 0 Å². The summed E-state index contributed by atoms with van der Waals surface area (Å²) in [6, 6.07) is 8.54. The minimum Gasteiger partial charge on any atom is -0.494 e. The Morgan fingerprint density at radius 1 is 0.944 bits per heavy atom. The van der Waals surface area contributed by atoms with Crippen LogP contribution in [0.1, 0.15) is 51.0 Å². The van der Waals surface area contributed by atoms with Crippen molar-refractivity contribution in [1.29, 1.82) is 0 Å². The minimum atomic E-state index is 0.859. The van der Waals surface area contributed by atoms with Crippen LogP contribution in [0.4, 0.5) is 0 Å². The molecule has 0 N–H and O–H groups in total. The SMILES string of the molecule is CCCCCCCCOc1ccc(CCI)cc1. The Kier molecular flexibility index (Phi) is 9.35. The summed E-state index contributed by atoms with van der Waals surface area (Å²) in [5.41, 5.74) is 1.40. The zero-order chi connectivity index (χ0) is 13.1. The van der Waals surface area contributed by atoms with Crippen LogP contribution in [0.25, 0.3) is 0 Å². The summed E-state index contributed by atoms with van der Waals surface area (Å²) in [4.78, 5) is 0. The molecule has 0 amide bonds. The number of benzene rings is 1. The molecule has 0 aliphatic heterocycles. The van der Waals surface area contributed by atoms with Crippen LogP contribution in [-0.2, 0) is 6.42 Å². The predicted molar refractivity (Wildman–Crippen MR) is 87.9 cm³/mol. The number of hydrogen-bond donors (Lipinski definition) is 0. The molecule has 0 saturated carbocycles. The Hall–Kier alpha value is -0.250. The van der Waals surface area contributed by atoms with Crippen molar-refractivity contribution in [2.45, 2.75) is 51.9 Å². The standard InChI is InChI=1S/C16H25IO/c1-2-3-4-5-6-7-14-18-16-10-8-15(9-11-16)12-13-17/h8-11H,2-7,12-14H2,1H3. The van der Waals surface area contributed by atoms with Gasteiger partial charge in [0.25, 0.3) is 0 Å². The molecule has 1 rings (SSSR count). The van der Waals surface area contributed by atoms with E-state index in [2.05, 4.69) is 53.8 Å². The van der Waals surface area contributed by atoms with Gasteiger partial charge in [-0.1, -0.05) is 73.8 Å². The van der Waals surface area contributed by atoms with Gasteiger partial charge >= 0.3 is 0 Å². The average molecular weight is 360 g/mol. The highest BCUT2D eigenvalue weighted by Gasteiger charge is 1.96. The van der Waals surface area contributed by atoms with E-state index >= 15 is 0 Å². The average Bonchev–Trinajstić information content (AvgIpc) is 2.40. The van der Waals surface area contributed by atoms with Crippen LogP contribution >= 0.6 is 22.6 Å². The van der Waals surface area contributed by atoms with Gasteiger partial charge in [-0.2, -0.15) is 0 Å². The molecule has 0 fully saturated rings. The molecular formula is C16H25IO. The van der Waals surface area contributed by atoms with Crippen molar-refractivity contribution < 1.29 is 4.74 Å². The molecule has 0 aromatic heterocycles. The van der Waals surface area contributed by atoms with E-state index in [0.29, 0.717) is 0 Å². The van der Waals surface area contributed by atoms with Gasteiger partial charge in [0.2, 0.25) is 0 Å². The van der Waals surface area contributed by atoms with E-state index < -0.39 is 0 Å². The molecule has 2 heteroatoms. The number of halogens is 1. The van der Waals surface area contributed by atoms with Crippen molar-refractivity contribution in [2.75, 3.05) is 11.0 Å². The third-order valence-corrected chi connectivity index (χ3v) is 3.61. The van der Waals surface area contributed by atoms with Gasteiger partial charge in [-0.25, -0.2) is 0 Å². The summed E-state index contributed by atoms with van der Waals surface area (Å²) < 4.78 is 6.92. The summed E-state index contributed by atoms with van der Waals surface area (Å²) in [6.45, 7) is 3.11. The van der Waals surface area contributed by atoms with E-state index in [1.165, 1.54) is 48.5 Å². The van der Waals surface area contributed by atoms with Crippen LogP contribution in [-0.4, -0.2) is 11.0 Å². The summed E-state index contributed by atoms with van der Waals surface area (Å²) in [6.07, 6.45) is 9.05. The van der Waals surface area contributed by atoms with Crippen molar-refractivity contribution >= 4 is 22.6 Å². The lowest BCUT2D eigenvalue weighted by molar-refractivity contribution is 0.304. The third kappa shape index (κ3) is 7.24. The van der Waals surface area contributed by atoms with Crippen LogP contribution in [0, 0.1) is 0 Å². The summed E-state index contributed by atoms with van der Waals surface area (Å²) in [5.74, 6) is 1.01. The Morgan fingerprint density at radius 2 is 1.61 bits per heavy atom. The maximum Gasteiger partial charge on any atom is 0.119 e. The lowest BCUT2D eigenvalue weighted by Crippen LogP contribution is -1.97. The first-order valence-electron chi connectivity index (χ1n) is 7.14. The summed E-state index contributed by atoms with van der Waals surface area (Å²) >= 11 is 2.41. The largest absolute Gasteiger partial charge is 0.494 e. The van der Waals surface area contributed by atoms with Gasteiger partial charge in [0.05, 0.1) is 6.61 Å². The van der Waals surface area contributed by atoms with E-state index in [1.807, 2.05) is 0 Å². The Morgan fingerprint density at radius 3 is 2.28 bits per heavy atom. The minimum absolute atomic E-state index is 0.859. The second-order valence-electron chi connectivity index (χ2n) is 4.70. The van der Waals surface area contributed by atoms with Crippen LogP contribution in [0.2, 0.25) is 0 Å². The highest BCUT2D eigenvalue weighted by atomic mass is 127. The molecule has 1 aromatic carbocycles. The van der Waals surface area contributed by atoms with Crippen LogP contribution in [0.3, 0.4) is 0 Å². The molecular weight excluding hydrogens is 335 g/mol. The number of unbranched alkanes of at least 4 members (excludes halogenated alkanes) is 5. The van der Waals surface area contributed by atoms with Gasteiger partial charge in [0, 0.05) is 4.43 Å². The Balaban J connectivity index is 2.08. The first-order chi connectivity index (χ1) is 8.86. The van der Waals surface area contributed by atoms with Crippen molar-refractivity contribution in [1.82, 2.24) is 0 Å². The predicted octanol–water partition coefficient (Wildman–Crippen LogP) is 5.40. The zero-order valence-electron chi connectivity index (χ0n) is 11.5. The maximum atomic E-state index is 5.74. The van der Waals surface area contributed by atoms with Crippen molar-refractivity contribution in [3.63, 3.8) is 0 Å². The molecule has 0 saturated heterocycles. The fourth-order valence-corrected chi connectivity index (χ4v) is 2.56. The first kappa shape index (κ1) is 15.8. The first-order valence-corrected chi connectivity index (χ1v) is 8.67. The van der Waals surface area contributed by atoms with Gasteiger partial charge in [0.1, 0.15) is 5.75 Å². The molecule has 0 radical (unpaired) electrons. The van der Waals surface area contributed by atoms with Crippen molar-refractivity contribution in [3.8, 4) is 5.75 Å². The Labute approximate surface area is 125 Å². The number of ether oxygens (including phenoxy) is 1. The van der Waals surface area contributed by atoms with Gasteiger partial charge < -0.3 is 4.74 Å². The van der Waals surface area contributed by atoms with Gasteiger partial charge in [0.15, 0.2) is 0 Å². The molecule has 1 nitrogen and oxygen atoms in total. The highest BCUT2D eigenvalue weighted by Crippen LogP contribution is 2.14. The maximum absolute atomic E-state index is 5.74. The second-order valence-corrected chi connectivity index (χ2v) is 5.78. The fraction of sp³-hybridized carbons (Fsp3) is 0.625. The molecule has 0 heterocycles. The molecule has 0 atom stereocenters. The molecule has 0 unspecified atom stereocenters. The van der Waals surface area contributed by atoms with Crippen LogP contribution in [0.15, 0.2) is 24.3 Å². The van der Waals surface area contributed by atoms with E-state index in [9.17, 15) is 0 Å². The molecule has 0 spiro atoms. The van der Waals surface area contributed by atoms with E-state index in [0.717, 1.165) is 18.8 Å². The van der Waals surface area contributed by atoms with Gasteiger partial charge in [-0.05, 0) is 30.5 Å². The quantitative estimate of drug-likeness (QED) is 0.308. The highest BCUT2D eigenvalue weighted by molar-refractivity contribution is 14.1. The zero-order valence-corrected chi connectivity index (χ0v) is 13.6. The van der Waals surface area contributed by atoms with Crippen LogP contribution < -0.4 is 4.74 Å². The number of hydrogen-bond acceptors (Lipinski definition) is 1. The van der Waals surface area contributed by atoms with Crippen LogP contribution in [0.5, 0.6) is 5.75 Å². The van der Waals surface area contributed by atoms with Crippen molar-refractivity contribution in [3.05, 3.63) is 29.8 Å². The summed E-state index contributed by atoms with van der Waals surface area (Å²) in [5, 5.41) is 0. The smallest absolute Gasteiger partial charge is 0.119 e. The van der Waals surface area contributed by atoms with Gasteiger partial charge in [-0.15, -0.1) is 0 Å². The molecule has 102 valence electrons. The normalized spacial score (nSPS) is 10.6. The number of rotatable bonds is 10.